The minimum atomic E-state index is -4.07. The summed E-state index contributed by atoms with van der Waals surface area (Å²) in [4.78, 5) is -1.76. The lowest BCUT2D eigenvalue weighted by atomic mass is 10.3. The Labute approximate surface area is 103 Å². The molecule has 9 heteroatoms. The van der Waals surface area contributed by atoms with Crippen LogP contribution in [-0.2, 0) is 19.7 Å². The number of halogens is 1. The molecule has 6 nitrogen and oxygen atoms in total. The first-order chi connectivity index (χ1) is 7.46. The van der Waals surface area contributed by atoms with E-state index in [-0.39, 0.29) is 0 Å². The molecule has 0 fully saturated rings. The molecule has 2 N–H and O–H groups in total. The molecule has 0 radical (unpaired) electrons. The molecule has 0 saturated heterocycles. The SMILES string of the molecule is CS(=O)(=O)c1c(O)cc(Cl)c(O)c1S(C)(=O)=O. The van der Waals surface area contributed by atoms with Gasteiger partial charge in [0.25, 0.3) is 0 Å². The van der Waals surface area contributed by atoms with Crippen LogP contribution in [0.5, 0.6) is 11.5 Å². The van der Waals surface area contributed by atoms with Crippen LogP contribution in [0.3, 0.4) is 0 Å². The summed E-state index contributed by atoms with van der Waals surface area (Å²) in [7, 11) is -8.10. The highest BCUT2D eigenvalue weighted by atomic mass is 35.5. The summed E-state index contributed by atoms with van der Waals surface area (Å²) in [5, 5.41) is 18.5. The number of phenolic OH excluding ortho intramolecular Hbond substituents is 2. The molecule has 0 aromatic heterocycles. The number of aromatic hydroxyl groups is 2. The van der Waals surface area contributed by atoms with E-state index in [0.29, 0.717) is 12.5 Å². The van der Waals surface area contributed by atoms with Gasteiger partial charge < -0.3 is 10.2 Å². The molecule has 0 unspecified atom stereocenters. The van der Waals surface area contributed by atoms with E-state index in [1.54, 1.807) is 0 Å². The maximum absolute atomic E-state index is 11.4. The summed E-state index contributed by atoms with van der Waals surface area (Å²) >= 11 is 5.48. The quantitative estimate of drug-likeness (QED) is 0.772. The summed E-state index contributed by atoms with van der Waals surface area (Å²) in [6, 6.07) is 0.766. The second-order valence-corrected chi connectivity index (χ2v) is 7.74. The highest BCUT2D eigenvalue weighted by Crippen LogP contribution is 2.41. The molecule has 0 atom stereocenters. The third kappa shape index (κ3) is 2.64. The van der Waals surface area contributed by atoms with Crippen molar-refractivity contribution in [3.8, 4) is 11.5 Å². The van der Waals surface area contributed by atoms with E-state index < -0.39 is 46.0 Å². The Morgan fingerprint density at radius 1 is 1.00 bits per heavy atom. The lowest BCUT2D eigenvalue weighted by Gasteiger charge is -2.11. The molecule has 17 heavy (non-hydrogen) atoms. The second kappa shape index (κ2) is 4.04. The number of rotatable bonds is 2. The van der Waals surface area contributed by atoms with Crippen LogP contribution in [0.2, 0.25) is 5.02 Å². The summed E-state index contributed by atoms with van der Waals surface area (Å²) in [6.07, 6.45) is 1.41. The van der Waals surface area contributed by atoms with Crippen LogP contribution < -0.4 is 0 Å². The zero-order valence-corrected chi connectivity index (χ0v) is 11.2. The van der Waals surface area contributed by atoms with E-state index >= 15 is 0 Å². The van der Waals surface area contributed by atoms with Gasteiger partial charge in [-0.05, 0) is 0 Å². The van der Waals surface area contributed by atoms with Crippen molar-refractivity contribution >= 4 is 31.3 Å². The van der Waals surface area contributed by atoms with Crippen molar-refractivity contribution in [2.24, 2.45) is 0 Å². The molecule has 0 aliphatic rings. The molecular weight excluding hydrogens is 292 g/mol. The second-order valence-electron chi connectivity index (χ2n) is 3.43. The van der Waals surface area contributed by atoms with Crippen LogP contribution >= 0.6 is 11.6 Å². The fraction of sp³-hybridized carbons (Fsp3) is 0.250. The highest BCUT2D eigenvalue weighted by molar-refractivity contribution is 7.94. The highest BCUT2D eigenvalue weighted by Gasteiger charge is 2.30. The van der Waals surface area contributed by atoms with Gasteiger partial charge in [-0.3, -0.25) is 0 Å². The first-order valence-electron chi connectivity index (χ1n) is 4.10. The maximum Gasteiger partial charge on any atom is 0.180 e. The first-order valence-corrected chi connectivity index (χ1v) is 8.27. The van der Waals surface area contributed by atoms with E-state index in [0.717, 1.165) is 6.07 Å². The monoisotopic (exact) mass is 300 g/mol. The summed E-state index contributed by atoms with van der Waals surface area (Å²) in [6.45, 7) is 0. The number of phenols is 2. The normalized spacial score (nSPS) is 12.6. The fourth-order valence-electron chi connectivity index (χ4n) is 1.29. The Morgan fingerprint density at radius 3 is 1.76 bits per heavy atom. The molecular formula is C8H9ClO6S2. The van der Waals surface area contributed by atoms with E-state index in [1.165, 1.54) is 0 Å². The lowest BCUT2D eigenvalue weighted by Crippen LogP contribution is -2.08. The number of benzene rings is 1. The van der Waals surface area contributed by atoms with E-state index in [2.05, 4.69) is 0 Å². The van der Waals surface area contributed by atoms with E-state index in [9.17, 15) is 27.0 Å². The van der Waals surface area contributed by atoms with Gasteiger partial charge in [0.15, 0.2) is 25.4 Å². The molecule has 0 aliphatic heterocycles. The number of sulfone groups is 2. The standard InChI is InChI=1S/C8H9ClO6S2/c1-16(12,13)7-5(10)3-4(9)6(11)8(7)17(2,14)15/h3,10-11H,1-2H3. The smallest absolute Gasteiger partial charge is 0.180 e. The van der Waals surface area contributed by atoms with Gasteiger partial charge in [-0.1, -0.05) is 11.6 Å². The van der Waals surface area contributed by atoms with Gasteiger partial charge in [-0.15, -0.1) is 0 Å². The molecule has 0 amide bonds. The molecule has 0 aliphatic carbocycles. The molecule has 1 rings (SSSR count). The average molecular weight is 301 g/mol. The number of hydrogen-bond donors (Lipinski definition) is 2. The third-order valence-corrected chi connectivity index (χ3v) is 4.60. The number of hydrogen-bond acceptors (Lipinski definition) is 6. The van der Waals surface area contributed by atoms with Gasteiger partial charge in [0, 0.05) is 18.6 Å². The topological polar surface area (TPSA) is 109 Å². The molecule has 0 saturated carbocycles. The first kappa shape index (κ1) is 14.1. The van der Waals surface area contributed by atoms with Crippen LogP contribution in [0, 0.1) is 0 Å². The zero-order valence-electron chi connectivity index (χ0n) is 8.80. The third-order valence-electron chi connectivity index (χ3n) is 1.89. The summed E-state index contributed by atoms with van der Waals surface area (Å²) in [5.41, 5.74) is 0. The lowest BCUT2D eigenvalue weighted by molar-refractivity contribution is 0.429. The maximum atomic E-state index is 11.4. The molecule has 96 valence electrons. The van der Waals surface area contributed by atoms with Crippen LogP contribution in [0.25, 0.3) is 0 Å². The van der Waals surface area contributed by atoms with Gasteiger partial charge in [0.05, 0.1) is 5.02 Å². The van der Waals surface area contributed by atoms with Gasteiger partial charge >= 0.3 is 0 Å². The Balaban J connectivity index is 4.03. The van der Waals surface area contributed by atoms with Gasteiger partial charge in [0.1, 0.15) is 15.5 Å². The zero-order chi connectivity index (χ0) is 13.6. The van der Waals surface area contributed by atoms with Crippen LogP contribution in [0.15, 0.2) is 15.9 Å². The van der Waals surface area contributed by atoms with Crippen molar-refractivity contribution in [1.82, 2.24) is 0 Å². The van der Waals surface area contributed by atoms with Crippen molar-refractivity contribution in [1.29, 1.82) is 0 Å². The average Bonchev–Trinajstić information content (AvgIpc) is 2.06. The molecule has 0 heterocycles. The van der Waals surface area contributed by atoms with Crippen molar-refractivity contribution in [3.63, 3.8) is 0 Å². The minimum absolute atomic E-state index is 0.449. The van der Waals surface area contributed by atoms with Gasteiger partial charge in [0.2, 0.25) is 0 Å². The summed E-state index contributed by atoms with van der Waals surface area (Å²) in [5.74, 6) is -1.72. The molecule has 1 aromatic carbocycles. The predicted octanol–water partition coefficient (Wildman–Crippen LogP) is 0.558. The Bertz CT molecular complexity index is 674. The minimum Gasteiger partial charge on any atom is -0.506 e. The van der Waals surface area contributed by atoms with Crippen LogP contribution in [-0.4, -0.2) is 39.6 Å². The molecule has 0 spiro atoms. The largest absolute Gasteiger partial charge is 0.506 e. The Morgan fingerprint density at radius 2 is 1.41 bits per heavy atom. The molecule has 0 bridgehead atoms. The van der Waals surface area contributed by atoms with Gasteiger partial charge in [-0.2, -0.15) is 0 Å². The Hall–Kier alpha value is -0.990. The fourth-order valence-corrected chi connectivity index (χ4v) is 4.23. The van der Waals surface area contributed by atoms with Crippen LogP contribution in [0.1, 0.15) is 0 Å². The van der Waals surface area contributed by atoms with Crippen molar-refractivity contribution < 1.29 is 27.0 Å². The summed E-state index contributed by atoms with van der Waals surface area (Å²) < 4.78 is 45.7. The van der Waals surface area contributed by atoms with Crippen molar-refractivity contribution in [2.75, 3.05) is 12.5 Å². The predicted molar refractivity (Wildman–Crippen MR) is 61.0 cm³/mol. The van der Waals surface area contributed by atoms with Crippen molar-refractivity contribution in [2.45, 2.75) is 9.79 Å². The van der Waals surface area contributed by atoms with Crippen molar-refractivity contribution in [3.05, 3.63) is 11.1 Å². The molecule has 1 aromatic rings. The van der Waals surface area contributed by atoms with E-state index in [4.69, 9.17) is 11.6 Å². The Kier molecular flexibility index (Phi) is 3.34. The van der Waals surface area contributed by atoms with Gasteiger partial charge in [-0.25, -0.2) is 16.8 Å². The van der Waals surface area contributed by atoms with Crippen LogP contribution in [0.4, 0.5) is 0 Å². The van der Waals surface area contributed by atoms with E-state index in [1.807, 2.05) is 0 Å².